The number of nitrogens with one attached hydrogen (secondary N) is 4. The zero-order valence-corrected chi connectivity index (χ0v) is 28.6. The summed E-state index contributed by atoms with van der Waals surface area (Å²) in [7, 11) is 0. The normalized spacial score (nSPS) is 12.2. The van der Waals surface area contributed by atoms with Crippen LogP contribution in [0.25, 0.3) is 32.7 Å². The number of aromatic nitrogens is 6. The Labute approximate surface area is 290 Å². The predicted octanol–water partition coefficient (Wildman–Crippen LogP) is 2.88. The zero-order chi connectivity index (χ0) is 38.1. The Hall–Kier alpha value is -6.98. The number of phenolic OH excluding ortho intramolecular Hbond substituents is 6. The van der Waals surface area contributed by atoms with Crippen LogP contribution in [-0.2, 0) is 0 Å². The third-order valence-electron chi connectivity index (χ3n) is 8.92. The minimum Gasteiger partial charge on any atom is -0.507 e. The maximum Gasteiger partial charge on any atom is 0.365 e. The van der Waals surface area contributed by atoms with Gasteiger partial charge < -0.3 is 30.6 Å². The summed E-state index contributed by atoms with van der Waals surface area (Å²) in [5.41, 5.74) is -2.81. The first kappa shape index (κ1) is 34.9. The van der Waals surface area contributed by atoms with E-state index in [-0.39, 0.29) is 56.0 Å². The minimum atomic E-state index is -0.925. The smallest absolute Gasteiger partial charge is 0.365 e. The van der Waals surface area contributed by atoms with Gasteiger partial charge in [0.1, 0.15) is 11.5 Å². The Morgan fingerprint density at radius 2 is 0.846 bits per heavy atom. The van der Waals surface area contributed by atoms with E-state index in [1.165, 1.54) is 0 Å². The van der Waals surface area contributed by atoms with Crippen LogP contribution in [0.5, 0.6) is 34.5 Å². The van der Waals surface area contributed by atoms with Crippen LogP contribution >= 0.6 is 0 Å². The number of hydrogen-bond donors (Lipinski definition) is 10. The maximum atomic E-state index is 12.2. The van der Waals surface area contributed by atoms with Crippen molar-refractivity contribution in [2.75, 3.05) is 0 Å². The lowest BCUT2D eigenvalue weighted by molar-refractivity contribution is 0.398. The average Bonchev–Trinajstić information content (AvgIpc) is 3.56. The zero-order valence-electron chi connectivity index (χ0n) is 28.6. The molecule has 0 saturated heterocycles. The van der Waals surface area contributed by atoms with Crippen molar-refractivity contribution in [1.82, 2.24) is 29.7 Å². The fourth-order valence-corrected chi connectivity index (χ4v) is 6.67. The van der Waals surface area contributed by atoms with E-state index in [0.717, 1.165) is 12.4 Å². The SMILES string of the molecule is Cc1cc2c(C(C)C)c(O)c(O)c(C=Nn3c(=O)[nH][nH]c3=O)c2c(O)c1-c1c(C)cc2c(C(C)C)c(O)c(O)c(C=Nn3c(=O)[nH][nH]c3=O)c2c1O. The lowest BCUT2D eigenvalue weighted by Gasteiger charge is -2.23. The monoisotopic (exact) mass is 714 g/mol. The van der Waals surface area contributed by atoms with Crippen LogP contribution in [-0.4, -0.2) is 72.8 Å². The first-order chi connectivity index (χ1) is 24.5. The van der Waals surface area contributed by atoms with E-state index >= 15 is 0 Å². The van der Waals surface area contributed by atoms with Gasteiger partial charge in [0.25, 0.3) is 0 Å². The van der Waals surface area contributed by atoms with Gasteiger partial charge in [-0.15, -0.1) is 9.35 Å². The summed E-state index contributed by atoms with van der Waals surface area (Å²) >= 11 is 0. The van der Waals surface area contributed by atoms with Crippen molar-refractivity contribution >= 4 is 34.0 Å². The molecule has 270 valence electrons. The molecule has 10 N–H and O–H groups in total. The number of aryl methyl sites for hydroxylation is 2. The largest absolute Gasteiger partial charge is 0.507 e. The van der Waals surface area contributed by atoms with Crippen LogP contribution in [0.4, 0.5) is 0 Å². The quantitative estimate of drug-likeness (QED) is 0.0852. The second kappa shape index (κ2) is 12.4. The van der Waals surface area contributed by atoms with Gasteiger partial charge in [-0.2, -0.15) is 10.2 Å². The number of fused-ring (bicyclic) bond motifs is 2. The molecule has 0 amide bonds. The molecule has 0 unspecified atom stereocenters. The van der Waals surface area contributed by atoms with Crippen LogP contribution in [0.1, 0.15) is 72.9 Å². The summed E-state index contributed by atoms with van der Waals surface area (Å²) in [6.07, 6.45) is 1.85. The van der Waals surface area contributed by atoms with Gasteiger partial charge in [0, 0.05) is 33.0 Å². The number of nitrogens with zero attached hydrogens (tertiary/aromatic N) is 4. The predicted molar refractivity (Wildman–Crippen MR) is 192 cm³/mol. The van der Waals surface area contributed by atoms with E-state index in [9.17, 15) is 49.8 Å². The minimum absolute atomic E-state index is 0.0495. The fraction of sp³-hybridized carbons (Fsp3) is 0.235. The highest BCUT2D eigenvalue weighted by molar-refractivity contribution is 6.15. The van der Waals surface area contributed by atoms with Crippen molar-refractivity contribution in [3.8, 4) is 45.6 Å². The highest BCUT2D eigenvalue weighted by Crippen LogP contribution is 2.54. The molecular formula is C34H34N8O10. The van der Waals surface area contributed by atoms with Crippen LogP contribution in [0.2, 0.25) is 0 Å². The Morgan fingerprint density at radius 1 is 0.538 bits per heavy atom. The molecule has 6 aromatic rings. The lowest BCUT2D eigenvalue weighted by Crippen LogP contribution is -2.22. The Kier molecular flexibility index (Phi) is 8.32. The molecule has 18 heteroatoms. The number of aromatic amines is 4. The number of hydrogen-bond acceptors (Lipinski definition) is 12. The van der Waals surface area contributed by atoms with Crippen molar-refractivity contribution in [1.29, 1.82) is 0 Å². The van der Waals surface area contributed by atoms with Crippen molar-refractivity contribution < 1.29 is 30.6 Å². The van der Waals surface area contributed by atoms with Gasteiger partial charge in [0.2, 0.25) is 0 Å². The Bertz CT molecular complexity index is 2530. The van der Waals surface area contributed by atoms with Crippen molar-refractivity contribution in [3.63, 3.8) is 0 Å². The maximum absolute atomic E-state index is 12.2. The van der Waals surface area contributed by atoms with Crippen LogP contribution in [0.15, 0.2) is 41.5 Å². The lowest BCUT2D eigenvalue weighted by atomic mass is 9.83. The summed E-state index contributed by atoms with van der Waals surface area (Å²) in [6, 6.07) is 3.24. The van der Waals surface area contributed by atoms with E-state index in [4.69, 9.17) is 0 Å². The van der Waals surface area contributed by atoms with E-state index in [1.54, 1.807) is 53.7 Å². The van der Waals surface area contributed by atoms with E-state index < -0.39 is 57.3 Å². The molecule has 52 heavy (non-hydrogen) atoms. The number of H-pyrrole nitrogens is 4. The summed E-state index contributed by atoms with van der Waals surface area (Å²) in [5, 5.41) is 85.6. The van der Waals surface area contributed by atoms with Crippen LogP contribution in [0.3, 0.4) is 0 Å². The number of benzene rings is 4. The molecule has 2 aromatic heterocycles. The summed E-state index contributed by atoms with van der Waals surface area (Å²) < 4.78 is 0.855. The third kappa shape index (κ3) is 5.19. The highest BCUT2D eigenvalue weighted by atomic mass is 16.3. The van der Waals surface area contributed by atoms with Crippen molar-refractivity contribution in [3.05, 3.63) is 87.5 Å². The van der Waals surface area contributed by atoms with E-state index in [0.29, 0.717) is 31.3 Å². The molecule has 0 atom stereocenters. The highest BCUT2D eigenvalue weighted by Gasteiger charge is 2.29. The van der Waals surface area contributed by atoms with E-state index in [1.807, 2.05) is 0 Å². The summed E-state index contributed by atoms with van der Waals surface area (Å²) in [4.78, 5) is 48.5. The molecule has 0 fully saturated rings. The van der Waals surface area contributed by atoms with Gasteiger partial charge in [-0.1, -0.05) is 39.8 Å². The molecule has 0 aliphatic heterocycles. The molecule has 0 aliphatic carbocycles. The molecule has 18 nitrogen and oxygen atoms in total. The van der Waals surface area contributed by atoms with Gasteiger partial charge in [-0.3, -0.25) is 0 Å². The van der Waals surface area contributed by atoms with Gasteiger partial charge in [-0.05, 0) is 47.6 Å². The molecule has 0 saturated carbocycles. The molecule has 0 bridgehead atoms. The van der Waals surface area contributed by atoms with Crippen molar-refractivity contribution in [2.45, 2.75) is 53.4 Å². The average molecular weight is 715 g/mol. The molecular weight excluding hydrogens is 680 g/mol. The summed E-state index contributed by atoms with van der Waals surface area (Å²) in [5.74, 6) is -4.21. The molecule has 6 rings (SSSR count). The molecule has 0 aliphatic rings. The standard InChI is InChI=1S/C34H34N8O10/c1-11(2)19-15-7-13(5)21(27(45)23(15)17(25(43)29(19)47)9-35-41-31(49)37-38-32(41)50)22-14(6)8-16-20(12(3)4)30(48)26(44)18(24(16)28(22)46)10-36-42-33(51)39-40-34(42)52/h7-12,43-48H,1-6H3,(H,37,49)(H,38,50)(H,39,51)(H,40,52). The van der Waals surface area contributed by atoms with Gasteiger partial charge in [0.15, 0.2) is 23.0 Å². The molecule has 4 aromatic carbocycles. The second-order valence-electron chi connectivity index (χ2n) is 12.9. The fourth-order valence-electron chi connectivity index (χ4n) is 6.67. The summed E-state index contributed by atoms with van der Waals surface area (Å²) in [6.45, 7) is 10.3. The molecule has 0 radical (unpaired) electrons. The Morgan fingerprint density at radius 3 is 1.13 bits per heavy atom. The molecule has 0 spiro atoms. The van der Waals surface area contributed by atoms with Gasteiger partial charge in [0.05, 0.1) is 23.6 Å². The van der Waals surface area contributed by atoms with E-state index in [2.05, 4.69) is 30.6 Å². The molecule has 2 heterocycles. The van der Waals surface area contributed by atoms with Crippen LogP contribution in [0, 0.1) is 13.8 Å². The number of aromatic hydroxyl groups is 6. The number of phenols is 6. The Balaban J connectivity index is 1.76. The third-order valence-corrected chi connectivity index (χ3v) is 8.92. The first-order valence-corrected chi connectivity index (χ1v) is 15.8. The first-order valence-electron chi connectivity index (χ1n) is 15.8. The topological polar surface area (TPSA) is 287 Å². The number of rotatable bonds is 7. The van der Waals surface area contributed by atoms with Crippen molar-refractivity contribution in [2.24, 2.45) is 10.2 Å². The van der Waals surface area contributed by atoms with Crippen LogP contribution < -0.4 is 22.8 Å². The second-order valence-corrected chi connectivity index (χ2v) is 12.9. The van der Waals surface area contributed by atoms with Gasteiger partial charge in [-0.25, -0.2) is 39.6 Å². The van der Waals surface area contributed by atoms with Gasteiger partial charge >= 0.3 is 22.8 Å².